The third kappa shape index (κ3) is 4.77. The third-order valence-electron chi connectivity index (χ3n) is 4.49. The molecule has 0 N–H and O–H groups in total. The fraction of sp³-hybridized carbons (Fsp3) is 0.238. The van der Waals surface area contributed by atoms with Gasteiger partial charge in [0.15, 0.2) is 0 Å². The van der Waals surface area contributed by atoms with Gasteiger partial charge in [-0.3, -0.25) is 4.79 Å². The molecule has 0 saturated carbocycles. The van der Waals surface area contributed by atoms with Crippen LogP contribution in [0.25, 0.3) is 0 Å². The zero-order chi connectivity index (χ0) is 19.2. The van der Waals surface area contributed by atoms with E-state index in [1.807, 2.05) is 54.6 Å². The Labute approximate surface area is 167 Å². The van der Waals surface area contributed by atoms with E-state index in [4.69, 9.17) is 4.74 Å². The van der Waals surface area contributed by atoms with E-state index in [2.05, 4.69) is 15.9 Å². The lowest BCUT2D eigenvalue weighted by molar-refractivity contribution is 0.0814. The summed E-state index contributed by atoms with van der Waals surface area (Å²) in [5.74, 6) is -0.0752. The molecular weight excluding hydrogens is 408 g/mol. The van der Waals surface area contributed by atoms with Crippen LogP contribution in [-0.2, 0) is 11.3 Å². The first-order valence-electron chi connectivity index (χ1n) is 8.73. The Morgan fingerprint density at radius 2 is 1.81 bits per heavy atom. The Balaban J connectivity index is 1.56. The van der Waals surface area contributed by atoms with Crippen molar-refractivity contribution in [2.24, 2.45) is 0 Å². The summed E-state index contributed by atoms with van der Waals surface area (Å²) < 4.78 is 6.13. The van der Waals surface area contributed by atoms with Crippen LogP contribution < -0.4 is 0 Å². The van der Waals surface area contributed by atoms with Crippen molar-refractivity contribution < 1.29 is 14.3 Å². The Morgan fingerprint density at radius 3 is 2.48 bits per heavy atom. The normalized spacial score (nSPS) is 13.7. The van der Waals surface area contributed by atoms with E-state index in [-0.39, 0.29) is 18.6 Å². The Bertz CT molecular complexity index is 852. The molecule has 2 aromatic carbocycles. The van der Waals surface area contributed by atoms with Crippen LogP contribution in [-0.4, -0.2) is 41.9 Å². The second-order valence-corrected chi connectivity index (χ2v) is 7.13. The molecule has 27 heavy (non-hydrogen) atoms. The highest BCUT2D eigenvalue weighted by atomic mass is 79.9. The molecule has 0 aliphatic carbocycles. The topological polar surface area (TPSA) is 49.9 Å². The summed E-state index contributed by atoms with van der Waals surface area (Å²) in [6.07, 6.45) is 2.17. The van der Waals surface area contributed by atoms with E-state index in [1.54, 1.807) is 22.9 Å². The summed E-state index contributed by atoms with van der Waals surface area (Å²) in [4.78, 5) is 28.2. The standard InChI is InChI=1S/C21H21BrN2O3/c1-23(20(25)18-9-5-6-10-19(18)22)17-11-13-24(14-12-17)21(26)27-15-16-7-3-2-4-8-16/h2-11H,12-15H2,1H3. The summed E-state index contributed by atoms with van der Waals surface area (Å²) in [5, 5.41) is 0. The minimum absolute atomic E-state index is 0.0752. The number of nitrogens with zero attached hydrogens (tertiary/aromatic N) is 2. The predicted octanol–water partition coefficient (Wildman–Crippen LogP) is 4.45. The van der Waals surface area contributed by atoms with Gasteiger partial charge in [-0.2, -0.15) is 0 Å². The highest BCUT2D eigenvalue weighted by Crippen LogP contribution is 2.22. The summed E-state index contributed by atoms with van der Waals surface area (Å²) in [7, 11) is 1.76. The quantitative estimate of drug-likeness (QED) is 0.722. The average molecular weight is 429 g/mol. The van der Waals surface area contributed by atoms with Crippen molar-refractivity contribution in [3.63, 3.8) is 0 Å². The maximum atomic E-state index is 12.7. The molecular formula is C21H21BrN2O3. The number of rotatable bonds is 4. The number of carbonyl (C=O) groups is 2. The molecule has 0 unspecified atom stereocenters. The van der Waals surface area contributed by atoms with E-state index in [0.717, 1.165) is 15.7 Å². The maximum Gasteiger partial charge on any atom is 0.410 e. The first-order valence-corrected chi connectivity index (χ1v) is 9.53. The van der Waals surface area contributed by atoms with E-state index < -0.39 is 0 Å². The van der Waals surface area contributed by atoms with Crippen LogP contribution in [0.1, 0.15) is 22.3 Å². The number of hydrogen-bond acceptors (Lipinski definition) is 3. The van der Waals surface area contributed by atoms with Crippen LogP contribution in [0.15, 0.2) is 70.8 Å². The Hall–Kier alpha value is -2.60. The first-order chi connectivity index (χ1) is 13.1. The van der Waals surface area contributed by atoms with Crippen LogP contribution in [0.5, 0.6) is 0 Å². The Kier molecular flexibility index (Phi) is 6.29. The second kappa shape index (κ2) is 8.86. The number of benzene rings is 2. The summed E-state index contributed by atoms with van der Waals surface area (Å²) >= 11 is 3.42. The first kappa shape index (κ1) is 19.2. The van der Waals surface area contributed by atoms with Gasteiger partial charge in [0.25, 0.3) is 5.91 Å². The molecule has 0 aromatic heterocycles. The Morgan fingerprint density at radius 1 is 1.11 bits per heavy atom. The lowest BCUT2D eigenvalue weighted by Crippen LogP contribution is -2.38. The molecule has 5 nitrogen and oxygen atoms in total. The van der Waals surface area contributed by atoms with Crippen LogP contribution >= 0.6 is 15.9 Å². The van der Waals surface area contributed by atoms with Crippen LogP contribution in [0, 0.1) is 0 Å². The van der Waals surface area contributed by atoms with Gasteiger partial charge in [-0.25, -0.2) is 4.79 Å². The average Bonchev–Trinajstić information content (AvgIpc) is 2.72. The molecule has 0 spiro atoms. The number of amides is 2. The van der Waals surface area contributed by atoms with Crippen LogP contribution in [0.2, 0.25) is 0 Å². The number of carbonyl (C=O) groups excluding carboxylic acids is 2. The minimum atomic E-state index is -0.339. The minimum Gasteiger partial charge on any atom is -0.445 e. The van der Waals surface area contributed by atoms with Gasteiger partial charge in [-0.1, -0.05) is 42.5 Å². The molecule has 0 atom stereocenters. The van der Waals surface area contributed by atoms with Crippen molar-refractivity contribution in [1.82, 2.24) is 9.80 Å². The zero-order valence-corrected chi connectivity index (χ0v) is 16.7. The van der Waals surface area contributed by atoms with Crippen molar-refractivity contribution >= 4 is 27.9 Å². The SMILES string of the molecule is CN(C(=O)c1ccccc1Br)C1=CCN(C(=O)OCc2ccccc2)CC1. The summed E-state index contributed by atoms with van der Waals surface area (Å²) in [6.45, 7) is 1.21. The molecule has 0 fully saturated rings. The van der Waals surface area contributed by atoms with Crippen LogP contribution in [0.4, 0.5) is 4.79 Å². The molecule has 140 valence electrons. The number of halogens is 1. The van der Waals surface area contributed by atoms with Gasteiger partial charge in [0.05, 0.1) is 5.56 Å². The van der Waals surface area contributed by atoms with E-state index >= 15 is 0 Å². The van der Waals surface area contributed by atoms with Crippen molar-refractivity contribution in [3.05, 3.63) is 82.0 Å². The van der Waals surface area contributed by atoms with Crippen molar-refractivity contribution in [2.45, 2.75) is 13.0 Å². The third-order valence-corrected chi connectivity index (χ3v) is 5.18. The molecule has 2 amide bonds. The monoisotopic (exact) mass is 428 g/mol. The van der Waals surface area contributed by atoms with Gasteiger partial charge in [0.1, 0.15) is 6.61 Å². The highest BCUT2D eigenvalue weighted by Gasteiger charge is 2.23. The number of ether oxygens (including phenoxy) is 1. The zero-order valence-electron chi connectivity index (χ0n) is 15.1. The smallest absolute Gasteiger partial charge is 0.410 e. The lowest BCUT2D eigenvalue weighted by Gasteiger charge is -2.30. The molecule has 2 aromatic rings. The van der Waals surface area contributed by atoms with Gasteiger partial charge in [-0.15, -0.1) is 0 Å². The molecule has 0 saturated heterocycles. The lowest BCUT2D eigenvalue weighted by atomic mass is 10.1. The molecule has 1 heterocycles. The summed E-state index contributed by atoms with van der Waals surface area (Å²) in [6, 6.07) is 16.9. The van der Waals surface area contributed by atoms with Crippen molar-refractivity contribution in [3.8, 4) is 0 Å². The fourth-order valence-corrected chi connectivity index (χ4v) is 3.34. The van der Waals surface area contributed by atoms with Gasteiger partial charge in [0, 0.05) is 36.7 Å². The molecule has 1 aliphatic rings. The van der Waals surface area contributed by atoms with Gasteiger partial charge in [0.2, 0.25) is 0 Å². The maximum absolute atomic E-state index is 12.7. The highest BCUT2D eigenvalue weighted by molar-refractivity contribution is 9.10. The molecule has 3 rings (SSSR count). The summed E-state index contributed by atoms with van der Waals surface area (Å²) in [5.41, 5.74) is 2.48. The molecule has 6 heteroatoms. The van der Waals surface area contributed by atoms with Gasteiger partial charge in [-0.05, 0) is 39.7 Å². The van der Waals surface area contributed by atoms with Crippen LogP contribution in [0.3, 0.4) is 0 Å². The molecule has 0 bridgehead atoms. The van der Waals surface area contributed by atoms with Crippen molar-refractivity contribution in [2.75, 3.05) is 20.1 Å². The predicted molar refractivity (Wildman–Crippen MR) is 107 cm³/mol. The molecule has 0 radical (unpaired) electrons. The van der Waals surface area contributed by atoms with E-state index in [9.17, 15) is 9.59 Å². The second-order valence-electron chi connectivity index (χ2n) is 6.28. The molecule has 1 aliphatic heterocycles. The van der Waals surface area contributed by atoms with E-state index in [1.165, 1.54) is 0 Å². The fourth-order valence-electron chi connectivity index (χ4n) is 2.89. The van der Waals surface area contributed by atoms with Gasteiger partial charge >= 0.3 is 6.09 Å². The van der Waals surface area contributed by atoms with Gasteiger partial charge < -0.3 is 14.5 Å². The van der Waals surface area contributed by atoms with Crippen molar-refractivity contribution in [1.29, 1.82) is 0 Å². The number of hydrogen-bond donors (Lipinski definition) is 0. The largest absolute Gasteiger partial charge is 0.445 e. The van der Waals surface area contributed by atoms with E-state index in [0.29, 0.717) is 25.1 Å².